The molecule has 1 fully saturated rings. The molecule has 0 atom stereocenters. The van der Waals surface area contributed by atoms with E-state index in [2.05, 4.69) is 46.5 Å². The van der Waals surface area contributed by atoms with Gasteiger partial charge in [-0.05, 0) is 38.0 Å². The third kappa shape index (κ3) is 5.02. The summed E-state index contributed by atoms with van der Waals surface area (Å²) in [4.78, 5) is 8.71. The van der Waals surface area contributed by atoms with Crippen molar-refractivity contribution in [1.29, 1.82) is 0 Å². The minimum Gasteiger partial charge on any atom is -0.357 e. The van der Waals surface area contributed by atoms with Gasteiger partial charge in [-0.25, -0.2) is 4.99 Å². The minimum atomic E-state index is 0.435. The predicted octanol–water partition coefficient (Wildman–Crippen LogP) is 2.40. The van der Waals surface area contributed by atoms with Crippen molar-refractivity contribution in [2.45, 2.75) is 66.0 Å². The first kappa shape index (κ1) is 15.8. The molecule has 0 saturated heterocycles. The van der Waals surface area contributed by atoms with Gasteiger partial charge in [-0.2, -0.15) is 4.98 Å². The molecule has 1 heterocycles. The summed E-state index contributed by atoms with van der Waals surface area (Å²) in [5.41, 5.74) is 0.482. The summed E-state index contributed by atoms with van der Waals surface area (Å²) in [5.74, 6) is 2.03. The molecular formula is C15H27N5O. The Morgan fingerprint density at radius 2 is 2.10 bits per heavy atom. The van der Waals surface area contributed by atoms with E-state index in [1.165, 1.54) is 25.7 Å². The van der Waals surface area contributed by atoms with E-state index in [9.17, 15) is 0 Å². The number of guanidine groups is 1. The van der Waals surface area contributed by atoms with Crippen LogP contribution >= 0.6 is 0 Å². The fourth-order valence-electron chi connectivity index (χ4n) is 2.61. The van der Waals surface area contributed by atoms with Crippen molar-refractivity contribution < 1.29 is 4.52 Å². The largest absolute Gasteiger partial charge is 0.357 e. The first-order valence-corrected chi connectivity index (χ1v) is 7.82. The standard InChI is InChI=1S/C15H27N5O/c1-5-16-14(17-10-13-18-11(2)21-20-13)19-12-6-8-15(3,4)9-7-12/h12H,5-10H2,1-4H3,(H2,16,17,19). The molecule has 0 spiro atoms. The van der Waals surface area contributed by atoms with Crippen LogP contribution in [-0.4, -0.2) is 28.7 Å². The number of aryl methyl sites for hydroxylation is 1. The van der Waals surface area contributed by atoms with Crippen LogP contribution in [0.4, 0.5) is 0 Å². The molecule has 0 amide bonds. The predicted molar refractivity (Wildman–Crippen MR) is 83.0 cm³/mol. The molecule has 6 heteroatoms. The van der Waals surface area contributed by atoms with E-state index in [1.54, 1.807) is 6.92 Å². The van der Waals surface area contributed by atoms with Gasteiger partial charge in [-0.15, -0.1) is 0 Å². The highest BCUT2D eigenvalue weighted by Gasteiger charge is 2.27. The second kappa shape index (κ2) is 6.91. The summed E-state index contributed by atoms with van der Waals surface area (Å²) in [7, 11) is 0. The monoisotopic (exact) mass is 293 g/mol. The Kier molecular flexibility index (Phi) is 5.20. The van der Waals surface area contributed by atoms with E-state index < -0.39 is 0 Å². The van der Waals surface area contributed by atoms with Crippen LogP contribution in [0.25, 0.3) is 0 Å². The third-order valence-corrected chi connectivity index (χ3v) is 3.97. The molecule has 2 rings (SSSR count). The zero-order valence-corrected chi connectivity index (χ0v) is 13.6. The van der Waals surface area contributed by atoms with Gasteiger partial charge in [0.1, 0.15) is 6.54 Å². The highest BCUT2D eigenvalue weighted by atomic mass is 16.5. The molecule has 1 aromatic rings. The first-order valence-electron chi connectivity index (χ1n) is 7.82. The van der Waals surface area contributed by atoms with Crippen molar-refractivity contribution in [3.05, 3.63) is 11.7 Å². The van der Waals surface area contributed by atoms with Crippen molar-refractivity contribution >= 4 is 5.96 Å². The van der Waals surface area contributed by atoms with Crippen molar-refractivity contribution in [3.63, 3.8) is 0 Å². The lowest BCUT2D eigenvalue weighted by molar-refractivity contribution is 0.216. The number of aromatic nitrogens is 2. The molecule has 0 bridgehead atoms. The average Bonchev–Trinajstić information content (AvgIpc) is 2.84. The molecule has 21 heavy (non-hydrogen) atoms. The Morgan fingerprint density at radius 3 is 2.67 bits per heavy atom. The molecule has 2 N–H and O–H groups in total. The lowest BCUT2D eigenvalue weighted by Gasteiger charge is -2.35. The van der Waals surface area contributed by atoms with Crippen molar-refractivity contribution in [1.82, 2.24) is 20.8 Å². The zero-order valence-electron chi connectivity index (χ0n) is 13.6. The normalized spacial score (nSPS) is 19.5. The lowest BCUT2D eigenvalue weighted by Crippen LogP contribution is -2.45. The summed E-state index contributed by atoms with van der Waals surface area (Å²) >= 11 is 0. The SMILES string of the molecule is CCNC(=NCc1noc(C)n1)NC1CCC(C)(C)CC1. The summed E-state index contributed by atoms with van der Waals surface area (Å²) < 4.78 is 4.96. The van der Waals surface area contributed by atoms with Crippen molar-refractivity contribution in [3.8, 4) is 0 Å². The Bertz CT molecular complexity index is 470. The highest BCUT2D eigenvalue weighted by molar-refractivity contribution is 5.80. The Morgan fingerprint density at radius 1 is 1.38 bits per heavy atom. The van der Waals surface area contributed by atoms with Crippen LogP contribution < -0.4 is 10.6 Å². The van der Waals surface area contributed by atoms with E-state index >= 15 is 0 Å². The first-order chi connectivity index (χ1) is 9.98. The van der Waals surface area contributed by atoms with Gasteiger partial charge in [0.15, 0.2) is 11.8 Å². The highest BCUT2D eigenvalue weighted by Crippen LogP contribution is 2.34. The molecule has 1 aromatic heterocycles. The van der Waals surface area contributed by atoms with E-state index in [1.807, 2.05) is 0 Å². The third-order valence-electron chi connectivity index (χ3n) is 3.97. The van der Waals surface area contributed by atoms with E-state index in [-0.39, 0.29) is 0 Å². The smallest absolute Gasteiger partial charge is 0.223 e. The molecule has 1 aliphatic carbocycles. The van der Waals surface area contributed by atoms with Gasteiger partial charge in [-0.1, -0.05) is 19.0 Å². The molecule has 118 valence electrons. The fourth-order valence-corrected chi connectivity index (χ4v) is 2.61. The van der Waals surface area contributed by atoms with Crippen LogP contribution in [0.5, 0.6) is 0 Å². The van der Waals surface area contributed by atoms with Gasteiger partial charge in [0.05, 0.1) is 0 Å². The van der Waals surface area contributed by atoms with Gasteiger partial charge in [0, 0.05) is 19.5 Å². The van der Waals surface area contributed by atoms with Gasteiger partial charge >= 0.3 is 0 Å². The Labute approximate surface area is 126 Å². The van der Waals surface area contributed by atoms with Crippen molar-refractivity contribution in [2.75, 3.05) is 6.54 Å². The molecule has 1 aliphatic rings. The molecule has 0 unspecified atom stereocenters. The maximum Gasteiger partial charge on any atom is 0.223 e. The van der Waals surface area contributed by atoms with Gasteiger partial charge in [0.25, 0.3) is 0 Å². The fraction of sp³-hybridized carbons (Fsp3) is 0.800. The van der Waals surface area contributed by atoms with Crippen LogP contribution in [0.3, 0.4) is 0 Å². The van der Waals surface area contributed by atoms with Gasteiger partial charge in [-0.3, -0.25) is 0 Å². The number of nitrogens with zero attached hydrogens (tertiary/aromatic N) is 3. The Hall–Kier alpha value is -1.59. The topological polar surface area (TPSA) is 75.3 Å². The van der Waals surface area contributed by atoms with Crippen LogP contribution in [0.1, 0.15) is 58.2 Å². The van der Waals surface area contributed by atoms with Gasteiger partial charge < -0.3 is 15.2 Å². The second-order valence-electron chi connectivity index (χ2n) is 6.51. The molecule has 1 saturated carbocycles. The summed E-state index contributed by atoms with van der Waals surface area (Å²) in [6, 6.07) is 0.503. The average molecular weight is 293 g/mol. The zero-order chi connectivity index (χ0) is 15.3. The summed E-state index contributed by atoms with van der Waals surface area (Å²) in [6.07, 6.45) is 4.90. The summed E-state index contributed by atoms with van der Waals surface area (Å²) in [6.45, 7) is 9.83. The van der Waals surface area contributed by atoms with E-state index in [0.29, 0.717) is 29.7 Å². The molecule has 0 radical (unpaired) electrons. The molecule has 0 aliphatic heterocycles. The summed E-state index contributed by atoms with van der Waals surface area (Å²) in [5, 5.41) is 10.7. The maximum atomic E-state index is 4.96. The van der Waals surface area contributed by atoms with Crippen LogP contribution in [0.2, 0.25) is 0 Å². The number of hydrogen-bond donors (Lipinski definition) is 2. The van der Waals surface area contributed by atoms with Crippen LogP contribution in [0.15, 0.2) is 9.52 Å². The minimum absolute atomic E-state index is 0.435. The maximum absolute atomic E-state index is 4.96. The Balaban J connectivity index is 1.89. The molecule has 6 nitrogen and oxygen atoms in total. The van der Waals surface area contributed by atoms with Crippen LogP contribution in [0, 0.1) is 12.3 Å². The second-order valence-corrected chi connectivity index (χ2v) is 6.51. The molecular weight excluding hydrogens is 266 g/mol. The van der Waals surface area contributed by atoms with Crippen molar-refractivity contribution in [2.24, 2.45) is 10.4 Å². The lowest BCUT2D eigenvalue weighted by atomic mass is 9.75. The number of hydrogen-bond acceptors (Lipinski definition) is 4. The van der Waals surface area contributed by atoms with Crippen LogP contribution in [-0.2, 0) is 6.54 Å². The van der Waals surface area contributed by atoms with E-state index in [0.717, 1.165) is 12.5 Å². The number of aliphatic imine (C=N–C) groups is 1. The van der Waals surface area contributed by atoms with Gasteiger partial charge in [0.2, 0.25) is 5.89 Å². The molecule has 0 aromatic carbocycles. The number of nitrogens with one attached hydrogen (secondary N) is 2. The number of rotatable bonds is 4. The van der Waals surface area contributed by atoms with E-state index in [4.69, 9.17) is 4.52 Å². The quantitative estimate of drug-likeness (QED) is 0.658.